The van der Waals surface area contributed by atoms with E-state index in [2.05, 4.69) is 44.2 Å². The van der Waals surface area contributed by atoms with Crippen molar-refractivity contribution < 1.29 is 42.2 Å². The Morgan fingerprint density at radius 2 is 1.41 bits per heavy atom. The van der Waals surface area contributed by atoms with Crippen LogP contribution in [0.2, 0.25) is 0 Å². The van der Waals surface area contributed by atoms with Gasteiger partial charge in [0, 0.05) is 0 Å². The number of benzene rings is 1. The van der Waals surface area contributed by atoms with Gasteiger partial charge in [0.15, 0.2) is 0 Å². The molecule has 1 aromatic rings. The van der Waals surface area contributed by atoms with Gasteiger partial charge < -0.3 is 7.43 Å². The SMILES string of the molecule is CC.CCCCCCC(C)c1ccccc1.O=S(=O)=O.[CH3-].[Na+]. The largest absolute Gasteiger partial charge is 1.00 e. The Kier molecular flexibility index (Phi) is 31.3. The fourth-order valence-electron chi connectivity index (χ4n) is 1.83. The van der Waals surface area contributed by atoms with E-state index in [1.54, 1.807) is 0 Å². The predicted molar refractivity (Wildman–Crippen MR) is 91.1 cm³/mol. The molecule has 0 spiro atoms. The van der Waals surface area contributed by atoms with Crippen LogP contribution >= 0.6 is 0 Å². The molecule has 0 aliphatic heterocycles. The summed E-state index contributed by atoms with van der Waals surface area (Å²) in [6.07, 6.45) is 6.84. The Morgan fingerprint density at radius 3 is 1.82 bits per heavy atom. The molecular formula is C17H31NaO3S. The van der Waals surface area contributed by atoms with Gasteiger partial charge in [-0.3, -0.25) is 0 Å². The maximum absolute atomic E-state index is 8.44. The maximum Gasteiger partial charge on any atom is 1.00 e. The fourth-order valence-corrected chi connectivity index (χ4v) is 1.83. The summed E-state index contributed by atoms with van der Waals surface area (Å²) >= 11 is 0. The summed E-state index contributed by atoms with van der Waals surface area (Å²) in [4.78, 5) is 0. The average molecular weight is 338 g/mol. The Bertz CT molecular complexity index is 397. The minimum Gasteiger partial charge on any atom is -0.358 e. The number of rotatable bonds is 6. The van der Waals surface area contributed by atoms with Crippen LogP contribution in [0.3, 0.4) is 0 Å². The third kappa shape index (κ3) is 22.1. The van der Waals surface area contributed by atoms with Crippen LogP contribution in [0.25, 0.3) is 0 Å². The first-order chi connectivity index (χ1) is 9.57. The van der Waals surface area contributed by atoms with Crippen molar-refractivity contribution in [2.24, 2.45) is 0 Å². The van der Waals surface area contributed by atoms with Crippen LogP contribution in [0.1, 0.15) is 71.3 Å². The maximum atomic E-state index is 8.44. The van der Waals surface area contributed by atoms with E-state index in [1.165, 1.54) is 37.7 Å². The van der Waals surface area contributed by atoms with E-state index in [0.717, 1.165) is 5.92 Å². The van der Waals surface area contributed by atoms with Crippen LogP contribution < -0.4 is 29.6 Å². The summed E-state index contributed by atoms with van der Waals surface area (Å²) in [7, 11) is -3.11. The van der Waals surface area contributed by atoms with Crippen molar-refractivity contribution in [3.63, 3.8) is 0 Å². The van der Waals surface area contributed by atoms with E-state index in [9.17, 15) is 0 Å². The van der Waals surface area contributed by atoms with E-state index in [4.69, 9.17) is 12.6 Å². The summed E-state index contributed by atoms with van der Waals surface area (Å²) in [5, 5.41) is 0. The van der Waals surface area contributed by atoms with Crippen LogP contribution in [0.4, 0.5) is 0 Å². The average Bonchev–Trinajstić information content (AvgIpc) is 2.46. The molecular weight excluding hydrogens is 307 g/mol. The topological polar surface area (TPSA) is 51.2 Å². The molecule has 0 aliphatic rings. The van der Waals surface area contributed by atoms with Gasteiger partial charge in [0.25, 0.3) is 0 Å². The molecule has 0 amide bonds. The zero-order valence-electron chi connectivity index (χ0n) is 15.1. The molecule has 1 unspecified atom stereocenters. The monoisotopic (exact) mass is 338 g/mol. The quantitative estimate of drug-likeness (QED) is 0.454. The minimum absolute atomic E-state index is 0. The Labute approximate surface area is 161 Å². The molecule has 0 saturated carbocycles. The van der Waals surface area contributed by atoms with Crippen molar-refractivity contribution in [1.82, 2.24) is 0 Å². The van der Waals surface area contributed by atoms with Crippen LogP contribution in [0.5, 0.6) is 0 Å². The molecule has 0 aliphatic carbocycles. The van der Waals surface area contributed by atoms with Crippen molar-refractivity contribution in [2.45, 2.75) is 65.7 Å². The fraction of sp³-hybridized carbons (Fsp3) is 0.588. The van der Waals surface area contributed by atoms with Gasteiger partial charge in [-0.25, -0.2) is 0 Å². The minimum atomic E-state index is -3.11. The van der Waals surface area contributed by atoms with Gasteiger partial charge in [0.1, 0.15) is 0 Å². The van der Waals surface area contributed by atoms with Crippen molar-refractivity contribution in [1.29, 1.82) is 0 Å². The Morgan fingerprint density at radius 1 is 0.955 bits per heavy atom. The van der Waals surface area contributed by atoms with Gasteiger partial charge in [0.05, 0.1) is 0 Å². The summed E-state index contributed by atoms with van der Waals surface area (Å²) < 4.78 is 25.3. The third-order valence-electron chi connectivity index (χ3n) is 2.86. The van der Waals surface area contributed by atoms with Crippen LogP contribution in [-0.2, 0) is 10.6 Å². The van der Waals surface area contributed by atoms with Gasteiger partial charge >= 0.3 is 40.2 Å². The van der Waals surface area contributed by atoms with Crippen molar-refractivity contribution in [2.75, 3.05) is 0 Å². The molecule has 1 aromatic carbocycles. The number of unbranched alkanes of at least 4 members (excludes halogenated alkanes) is 3. The van der Waals surface area contributed by atoms with Gasteiger partial charge in [-0.2, -0.15) is 0 Å². The molecule has 0 N–H and O–H groups in total. The molecule has 0 aromatic heterocycles. The predicted octanol–water partition coefficient (Wildman–Crippen LogP) is 2.24. The first-order valence-corrected chi connectivity index (χ1v) is 8.39. The van der Waals surface area contributed by atoms with Crippen LogP contribution in [0, 0.1) is 7.43 Å². The second-order valence-electron chi connectivity index (χ2n) is 4.37. The number of hydrogen-bond acceptors (Lipinski definition) is 3. The standard InChI is InChI=1S/C14H22.C2H6.CH3.Na.O3S/c1-3-4-5-7-10-13(2)14-11-8-6-9-12-14;1-2;;;1-4(2)3/h6,8-9,11-13H,3-5,7,10H2,1-2H3;1-2H3;1H3;;/q;;-1;+1;. The van der Waals surface area contributed by atoms with E-state index in [-0.39, 0.29) is 37.0 Å². The van der Waals surface area contributed by atoms with E-state index < -0.39 is 10.6 Å². The summed E-state index contributed by atoms with van der Waals surface area (Å²) in [5.41, 5.74) is 1.49. The third-order valence-corrected chi connectivity index (χ3v) is 2.86. The van der Waals surface area contributed by atoms with Gasteiger partial charge in [-0.05, 0) is 17.9 Å². The van der Waals surface area contributed by atoms with Crippen molar-refractivity contribution in [3.8, 4) is 0 Å². The summed E-state index contributed by atoms with van der Waals surface area (Å²) in [6, 6.07) is 10.8. The molecule has 1 atom stereocenters. The Balaban J connectivity index is -0.000000177. The molecule has 0 bridgehead atoms. The molecule has 22 heavy (non-hydrogen) atoms. The van der Waals surface area contributed by atoms with Crippen molar-refractivity contribution >= 4 is 10.6 Å². The van der Waals surface area contributed by atoms with E-state index in [1.807, 2.05) is 13.8 Å². The number of hydrogen-bond donors (Lipinski definition) is 0. The zero-order chi connectivity index (χ0) is 15.8. The van der Waals surface area contributed by atoms with E-state index >= 15 is 0 Å². The summed E-state index contributed by atoms with van der Waals surface area (Å²) in [5.74, 6) is 0.730. The molecule has 0 fully saturated rings. The molecule has 0 heterocycles. The molecule has 3 nitrogen and oxygen atoms in total. The van der Waals surface area contributed by atoms with Gasteiger partial charge in [0.2, 0.25) is 0 Å². The molecule has 5 heteroatoms. The van der Waals surface area contributed by atoms with Gasteiger partial charge in [-0.1, -0.05) is 83.7 Å². The molecule has 1 rings (SSSR count). The molecule has 124 valence electrons. The van der Waals surface area contributed by atoms with E-state index in [0.29, 0.717) is 0 Å². The Hall–Kier alpha value is -0.160. The zero-order valence-corrected chi connectivity index (χ0v) is 17.9. The normalized spacial score (nSPS) is 9.45. The molecule has 0 saturated heterocycles. The van der Waals surface area contributed by atoms with Crippen LogP contribution in [-0.4, -0.2) is 12.6 Å². The first-order valence-electron chi connectivity index (χ1n) is 7.39. The first kappa shape index (κ1) is 29.8. The smallest absolute Gasteiger partial charge is 0.358 e. The van der Waals surface area contributed by atoms with Gasteiger partial charge in [-0.15, -0.1) is 12.6 Å². The molecule has 0 radical (unpaired) electrons. The second kappa shape index (κ2) is 23.1. The van der Waals surface area contributed by atoms with Crippen molar-refractivity contribution in [3.05, 3.63) is 43.3 Å². The van der Waals surface area contributed by atoms with Crippen LogP contribution in [0.15, 0.2) is 30.3 Å². The summed E-state index contributed by atoms with van der Waals surface area (Å²) in [6.45, 7) is 8.60. The second-order valence-corrected chi connectivity index (χ2v) is 4.77.